The highest BCUT2D eigenvalue weighted by Gasteiger charge is 2.64. The number of aliphatic hydroxyl groups is 1. The van der Waals surface area contributed by atoms with Crippen LogP contribution >= 0.6 is 0 Å². The third-order valence-electron chi connectivity index (χ3n) is 6.77. The van der Waals surface area contributed by atoms with Crippen LogP contribution in [0.4, 0.5) is 0 Å². The second-order valence-corrected chi connectivity index (χ2v) is 16.9. The molecule has 0 aromatic heterocycles. The molecule has 7 unspecified atom stereocenters. The van der Waals surface area contributed by atoms with Crippen LogP contribution in [-0.2, 0) is 45.6 Å². The quantitative estimate of drug-likeness (QED) is 0.434. The summed E-state index contributed by atoms with van der Waals surface area (Å²) < 4.78 is 35.7. The highest BCUT2D eigenvalue weighted by atomic mass is 28.3. The summed E-state index contributed by atoms with van der Waals surface area (Å²) in [5.41, 5.74) is 1.27. The molecule has 1 aromatic rings. The highest BCUT2D eigenvalue weighted by molar-refractivity contribution is 6.76. The fourth-order valence-corrected chi connectivity index (χ4v) is 4.98. The summed E-state index contributed by atoms with van der Waals surface area (Å²) >= 11 is 0. The number of benzene rings is 1. The SMILES string of the molecule is CCC(C)(C)C(=O)OC1C(O)OC2C3OC(C)(c4ccc(COC[Si](C)(C)C)cc4)OC3OC12. The van der Waals surface area contributed by atoms with Crippen molar-refractivity contribution in [2.75, 3.05) is 6.23 Å². The first-order chi connectivity index (χ1) is 15.8. The third kappa shape index (κ3) is 5.11. The van der Waals surface area contributed by atoms with Gasteiger partial charge in [0.1, 0.15) is 18.3 Å². The Bertz CT molecular complexity index is 882. The first kappa shape index (κ1) is 25.8. The molecular weight excluding hydrogens is 456 g/mol. The van der Waals surface area contributed by atoms with Gasteiger partial charge in [-0.1, -0.05) is 50.8 Å². The van der Waals surface area contributed by atoms with E-state index in [1.54, 1.807) is 13.8 Å². The second kappa shape index (κ2) is 9.27. The molecule has 34 heavy (non-hydrogen) atoms. The van der Waals surface area contributed by atoms with Crippen LogP contribution in [0.5, 0.6) is 0 Å². The first-order valence-corrected chi connectivity index (χ1v) is 15.8. The maximum atomic E-state index is 12.5. The van der Waals surface area contributed by atoms with Gasteiger partial charge in [-0.25, -0.2) is 0 Å². The number of hydrogen-bond donors (Lipinski definition) is 1. The van der Waals surface area contributed by atoms with Gasteiger partial charge in [-0.2, -0.15) is 0 Å². The first-order valence-electron chi connectivity index (χ1n) is 12.1. The van der Waals surface area contributed by atoms with Crippen LogP contribution in [0, 0.1) is 5.41 Å². The van der Waals surface area contributed by atoms with Crippen molar-refractivity contribution in [3.8, 4) is 0 Å². The zero-order valence-corrected chi connectivity index (χ0v) is 22.2. The van der Waals surface area contributed by atoms with Crippen molar-refractivity contribution in [2.24, 2.45) is 5.41 Å². The van der Waals surface area contributed by atoms with E-state index in [9.17, 15) is 9.90 Å². The summed E-state index contributed by atoms with van der Waals surface area (Å²) in [6.45, 7) is 14.8. The van der Waals surface area contributed by atoms with Crippen molar-refractivity contribution < 1.29 is 38.3 Å². The van der Waals surface area contributed by atoms with Gasteiger partial charge < -0.3 is 33.5 Å². The summed E-state index contributed by atoms with van der Waals surface area (Å²) in [6, 6.07) is 7.95. The van der Waals surface area contributed by atoms with Gasteiger partial charge in [-0.05, 0) is 32.8 Å². The zero-order valence-electron chi connectivity index (χ0n) is 21.2. The monoisotopic (exact) mass is 494 g/mol. The minimum Gasteiger partial charge on any atom is -0.454 e. The Kier molecular flexibility index (Phi) is 7.02. The average Bonchev–Trinajstić information content (AvgIpc) is 3.35. The molecule has 3 saturated heterocycles. The van der Waals surface area contributed by atoms with Gasteiger partial charge in [0.25, 0.3) is 0 Å². The van der Waals surface area contributed by atoms with Crippen LogP contribution in [0.25, 0.3) is 0 Å². The molecule has 0 spiro atoms. The Morgan fingerprint density at radius 1 is 1.09 bits per heavy atom. The number of fused-ring (bicyclic) bond motifs is 3. The number of aliphatic hydroxyl groups excluding tert-OH is 1. The fraction of sp³-hybridized carbons (Fsp3) is 0.720. The van der Waals surface area contributed by atoms with Gasteiger partial charge in [-0.15, -0.1) is 0 Å². The minimum atomic E-state index is -1.28. The molecule has 1 aromatic carbocycles. The molecule has 0 radical (unpaired) electrons. The molecule has 3 aliphatic heterocycles. The lowest BCUT2D eigenvalue weighted by atomic mass is 9.90. The maximum absolute atomic E-state index is 12.5. The molecule has 0 amide bonds. The van der Waals surface area contributed by atoms with E-state index in [1.807, 2.05) is 38.1 Å². The van der Waals surface area contributed by atoms with E-state index in [1.165, 1.54) is 0 Å². The molecule has 190 valence electrons. The molecular formula is C25H38O8Si. The van der Waals surface area contributed by atoms with Crippen LogP contribution in [0.1, 0.15) is 45.2 Å². The van der Waals surface area contributed by atoms with Gasteiger partial charge in [0, 0.05) is 11.8 Å². The van der Waals surface area contributed by atoms with Crippen molar-refractivity contribution in [3.63, 3.8) is 0 Å². The standard InChI is InChI=1S/C25H38O8Si/c1-8-24(2,3)23(27)31-19-17-18(29-21(19)26)20-22(30-17)33-25(4,32-20)16-11-9-15(10-12-16)13-28-14-34(5,6)7/h9-12,17-22,26H,8,13-14H2,1-7H3. The van der Waals surface area contributed by atoms with E-state index >= 15 is 0 Å². The van der Waals surface area contributed by atoms with Crippen molar-refractivity contribution in [1.29, 1.82) is 0 Å². The number of hydrogen-bond acceptors (Lipinski definition) is 8. The summed E-state index contributed by atoms with van der Waals surface area (Å²) in [7, 11) is -1.24. The lowest BCUT2D eigenvalue weighted by Crippen LogP contribution is -2.41. The number of carbonyl (C=O) groups excluding carboxylic acids is 1. The van der Waals surface area contributed by atoms with E-state index < -0.39 is 62.2 Å². The van der Waals surface area contributed by atoms with Gasteiger partial charge in [0.2, 0.25) is 0 Å². The highest BCUT2D eigenvalue weighted by Crippen LogP contribution is 2.47. The Labute approximate surface area is 202 Å². The number of esters is 1. The summed E-state index contributed by atoms with van der Waals surface area (Å²) in [6.07, 6.45) is -3.26. The molecule has 0 bridgehead atoms. The molecule has 0 aliphatic carbocycles. The van der Waals surface area contributed by atoms with Crippen molar-refractivity contribution in [1.82, 2.24) is 0 Å². The Morgan fingerprint density at radius 2 is 1.76 bits per heavy atom. The van der Waals surface area contributed by atoms with Crippen LogP contribution < -0.4 is 0 Å². The van der Waals surface area contributed by atoms with Crippen LogP contribution in [0.3, 0.4) is 0 Å². The number of ether oxygens (including phenoxy) is 6. The molecule has 0 saturated carbocycles. The second-order valence-electron chi connectivity index (χ2n) is 11.5. The summed E-state index contributed by atoms with van der Waals surface area (Å²) in [5.74, 6) is -1.42. The van der Waals surface area contributed by atoms with E-state index in [0.29, 0.717) is 13.0 Å². The zero-order chi connectivity index (χ0) is 24.9. The topological polar surface area (TPSA) is 92.7 Å². The molecule has 3 heterocycles. The van der Waals surface area contributed by atoms with E-state index in [0.717, 1.165) is 17.4 Å². The lowest BCUT2D eigenvalue weighted by Gasteiger charge is -2.28. The van der Waals surface area contributed by atoms with Gasteiger partial charge >= 0.3 is 5.97 Å². The van der Waals surface area contributed by atoms with E-state index in [2.05, 4.69) is 19.6 Å². The number of rotatable bonds is 8. The van der Waals surface area contributed by atoms with Gasteiger partial charge in [-0.3, -0.25) is 4.79 Å². The van der Waals surface area contributed by atoms with Gasteiger partial charge in [0.15, 0.2) is 24.5 Å². The maximum Gasteiger partial charge on any atom is 0.312 e. The molecule has 9 heteroatoms. The predicted octanol–water partition coefficient (Wildman–Crippen LogP) is 3.46. The largest absolute Gasteiger partial charge is 0.454 e. The molecule has 4 rings (SSSR count). The molecule has 3 aliphatic rings. The molecule has 8 nitrogen and oxygen atoms in total. The van der Waals surface area contributed by atoms with Crippen molar-refractivity contribution in [2.45, 2.75) is 103 Å². The van der Waals surface area contributed by atoms with E-state index in [4.69, 9.17) is 28.4 Å². The molecule has 1 N–H and O–H groups in total. The fourth-order valence-electron chi connectivity index (χ4n) is 4.27. The molecule has 7 atom stereocenters. The third-order valence-corrected chi connectivity index (χ3v) is 7.84. The Morgan fingerprint density at radius 3 is 2.38 bits per heavy atom. The summed E-state index contributed by atoms with van der Waals surface area (Å²) in [4.78, 5) is 12.5. The van der Waals surface area contributed by atoms with Crippen molar-refractivity contribution >= 4 is 14.0 Å². The predicted molar refractivity (Wildman–Crippen MR) is 126 cm³/mol. The summed E-state index contributed by atoms with van der Waals surface area (Å²) in [5, 5.41) is 10.4. The normalized spacial score (nSPS) is 35.3. The Hall–Kier alpha value is -1.33. The number of carbonyl (C=O) groups is 1. The molecule has 3 fully saturated rings. The average molecular weight is 495 g/mol. The van der Waals surface area contributed by atoms with E-state index in [-0.39, 0.29) is 0 Å². The minimum absolute atomic E-state index is 0.399. The van der Waals surface area contributed by atoms with Crippen molar-refractivity contribution in [3.05, 3.63) is 35.4 Å². The Balaban J connectivity index is 1.38. The van der Waals surface area contributed by atoms with Crippen LogP contribution in [0.15, 0.2) is 24.3 Å². The van der Waals surface area contributed by atoms with Gasteiger partial charge in [0.05, 0.1) is 20.1 Å². The van der Waals surface area contributed by atoms with Crippen LogP contribution in [-0.4, -0.2) is 62.4 Å². The lowest BCUT2D eigenvalue weighted by molar-refractivity contribution is -0.233. The van der Waals surface area contributed by atoms with Crippen LogP contribution in [0.2, 0.25) is 19.6 Å². The smallest absolute Gasteiger partial charge is 0.312 e.